The smallest absolute Gasteiger partial charge is 0.362 e. The summed E-state index contributed by atoms with van der Waals surface area (Å²) in [6, 6.07) is -3.55. The minimum Gasteiger partial charge on any atom is -0.544 e. The van der Waals surface area contributed by atoms with E-state index in [-0.39, 0.29) is 6.54 Å². The lowest BCUT2D eigenvalue weighted by atomic mass is 10.00. The molecule has 0 rings (SSSR count). The normalized spacial score (nSPS) is 16.2. The molecule has 3 unspecified atom stereocenters. The number of unbranched alkanes of at least 4 members (excludes halogenated alkanes) is 11. The number of carboxylic acid groups (broad SMARTS) is 3. The molecule has 0 aliphatic heterocycles. The number of rotatable bonds is 21. The first-order valence-electron chi connectivity index (χ1n) is 12.8. The highest BCUT2D eigenvalue weighted by molar-refractivity contribution is 5.76. The summed E-state index contributed by atoms with van der Waals surface area (Å²) in [6.45, 7) is 6.51. The summed E-state index contributed by atoms with van der Waals surface area (Å²) in [5.41, 5.74) is 0. The molecule has 0 saturated heterocycles. The lowest BCUT2D eigenvalue weighted by Gasteiger charge is -2.49. The molecule has 0 saturated carbocycles. The zero-order valence-electron chi connectivity index (χ0n) is 21.3. The van der Waals surface area contributed by atoms with Crippen LogP contribution in [-0.4, -0.2) is 57.3 Å². The predicted octanol–water partition coefficient (Wildman–Crippen LogP) is 4.54. The fourth-order valence-corrected chi connectivity index (χ4v) is 4.66. The molecule has 7 nitrogen and oxygen atoms in total. The largest absolute Gasteiger partial charge is 0.544 e. The van der Waals surface area contributed by atoms with Crippen molar-refractivity contribution in [3.8, 4) is 0 Å². The lowest BCUT2D eigenvalue weighted by Crippen LogP contribution is -2.72. The molecule has 33 heavy (non-hydrogen) atoms. The topological polar surface area (TPSA) is 115 Å². The van der Waals surface area contributed by atoms with Crippen molar-refractivity contribution >= 4 is 17.9 Å². The van der Waals surface area contributed by atoms with Gasteiger partial charge < -0.3 is 20.1 Å². The van der Waals surface area contributed by atoms with Gasteiger partial charge in [-0.1, -0.05) is 70.4 Å². The maximum Gasteiger partial charge on any atom is 0.362 e. The number of allylic oxidation sites excluding steroid dienone is 2. The average molecular weight is 470 g/mol. The van der Waals surface area contributed by atoms with E-state index < -0.39 is 40.5 Å². The summed E-state index contributed by atoms with van der Waals surface area (Å²) in [4.78, 5) is 35.1. The monoisotopic (exact) mass is 469 g/mol. The summed E-state index contributed by atoms with van der Waals surface area (Å²) in [7, 11) is 0. The SMILES string of the molecule is CCC/C=C/CCCCCCCCCCCC[N+](C(C)C(=O)[O-])(C(C)C(=O)O)C(C)C(=O)O. The summed E-state index contributed by atoms with van der Waals surface area (Å²) in [5.74, 6) is -3.82. The molecule has 2 N–H and O–H groups in total. The highest BCUT2D eigenvalue weighted by Gasteiger charge is 2.50. The Morgan fingerprint density at radius 1 is 0.697 bits per heavy atom. The van der Waals surface area contributed by atoms with Gasteiger partial charge in [0.1, 0.15) is 6.04 Å². The minimum atomic E-state index is -1.42. The molecule has 0 radical (unpaired) electrons. The molecule has 0 aliphatic rings. The average Bonchev–Trinajstić information content (AvgIpc) is 2.77. The fraction of sp³-hybridized carbons (Fsp3) is 0.808. The molecule has 0 aromatic heterocycles. The van der Waals surface area contributed by atoms with Crippen molar-refractivity contribution in [1.82, 2.24) is 0 Å². The maximum atomic E-state index is 11.7. The standard InChI is InChI=1S/C26H47NO6/c1-5-6-7-8-9-10-11-12-13-14-15-16-17-18-19-20-27(21(2)24(28)29,22(3)25(30)31)23(4)26(32)33/h7-8,21-23H,5-6,9-20H2,1-4H3,(H2-,28,29,30,31,32,33)/b8-7+. The van der Waals surface area contributed by atoms with Crippen molar-refractivity contribution in [3.63, 3.8) is 0 Å². The second kappa shape index (κ2) is 17.6. The van der Waals surface area contributed by atoms with Crippen LogP contribution in [0.4, 0.5) is 0 Å². The Labute approximate surface area is 200 Å². The van der Waals surface area contributed by atoms with Crippen LogP contribution < -0.4 is 5.11 Å². The molecule has 0 aromatic rings. The van der Waals surface area contributed by atoms with E-state index in [1.54, 1.807) is 0 Å². The van der Waals surface area contributed by atoms with Crippen LogP contribution in [0.1, 0.15) is 111 Å². The summed E-state index contributed by atoms with van der Waals surface area (Å²) in [6.07, 6.45) is 19.0. The third-order valence-electron chi connectivity index (χ3n) is 7.01. The van der Waals surface area contributed by atoms with Gasteiger partial charge in [0.2, 0.25) is 0 Å². The molecule has 0 amide bonds. The Bertz CT molecular complexity index is 553. The van der Waals surface area contributed by atoms with E-state index in [9.17, 15) is 29.7 Å². The van der Waals surface area contributed by atoms with Crippen molar-refractivity contribution in [2.24, 2.45) is 0 Å². The lowest BCUT2D eigenvalue weighted by molar-refractivity contribution is -0.969. The Morgan fingerprint density at radius 2 is 1.09 bits per heavy atom. The maximum absolute atomic E-state index is 11.7. The van der Waals surface area contributed by atoms with Gasteiger partial charge in [-0.15, -0.1) is 0 Å². The van der Waals surface area contributed by atoms with Crippen LogP contribution in [0.15, 0.2) is 12.2 Å². The highest BCUT2D eigenvalue weighted by Crippen LogP contribution is 2.27. The van der Waals surface area contributed by atoms with E-state index in [1.165, 1.54) is 72.1 Å². The van der Waals surface area contributed by atoms with E-state index >= 15 is 0 Å². The Balaban J connectivity index is 4.41. The van der Waals surface area contributed by atoms with Gasteiger partial charge in [0, 0.05) is 0 Å². The van der Waals surface area contributed by atoms with Crippen molar-refractivity contribution in [2.45, 2.75) is 129 Å². The van der Waals surface area contributed by atoms with Crippen LogP contribution in [-0.2, 0) is 14.4 Å². The van der Waals surface area contributed by atoms with Crippen molar-refractivity contribution in [1.29, 1.82) is 0 Å². The van der Waals surface area contributed by atoms with Crippen LogP contribution in [0.5, 0.6) is 0 Å². The van der Waals surface area contributed by atoms with E-state index in [4.69, 9.17) is 0 Å². The number of quaternary nitrogens is 1. The number of carbonyl (C=O) groups excluding carboxylic acids is 1. The van der Waals surface area contributed by atoms with E-state index in [2.05, 4.69) is 19.1 Å². The summed E-state index contributed by atoms with van der Waals surface area (Å²) >= 11 is 0. The number of hydrogen-bond donors (Lipinski definition) is 2. The number of carbonyl (C=O) groups is 3. The van der Waals surface area contributed by atoms with Crippen molar-refractivity contribution < 1.29 is 34.2 Å². The second-order valence-corrected chi connectivity index (χ2v) is 9.33. The Kier molecular flexibility index (Phi) is 16.6. The molecular weight excluding hydrogens is 422 g/mol. The van der Waals surface area contributed by atoms with Gasteiger partial charge in [-0.25, -0.2) is 9.59 Å². The molecule has 0 aromatic carbocycles. The number of nitrogens with zero attached hydrogens (tertiary/aromatic N) is 1. The van der Waals surface area contributed by atoms with Crippen LogP contribution >= 0.6 is 0 Å². The molecule has 0 spiro atoms. The highest BCUT2D eigenvalue weighted by atomic mass is 16.4. The molecular formula is C26H47NO6. The molecule has 0 heterocycles. The first kappa shape index (κ1) is 31.1. The second-order valence-electron chi connectivity index (χ2n) is 9.33. The zero-order valence-corrected chi connectivity index (χ0v) is 21.3. The first-order chi connectivity index (χ1) is 15.6. The molecule has 3 atom stereocenters. The van der Waals surface area contributed by atoms with Crippen molar-refractivity contribution in [3.05, 3.63) is 12.2 Å². The van der Waals surface area contributed by atoms with Crippen LogP contribution in [0.3, 0.4) is 0 Å². The van der Waals surface area contributed by atoms with Gasteiger partial charge in [-0.05, 0) is 52.9 Å². The van der Waals surface area contributed by atoms with E-state index in [0.717, 1.165) is 25.7 Å². The van der Waals surface area contributed by atoms with Gasteiger partial charge in [0.15, 0.2) is 12.1 Å². The summed E-state index contributed by atoms with van der Waals surface area (Å²) < 4.78 is -0.541. The molecule has 192 valence electrons. The van der Waals surface area contributed by atoms with Gasteiger partial charge >= 0.3 is 11.9 Å². The van der Waals surface area contributed by atoms with Crippen molar-refractivity contribution in [2.75, 3.05) is 6.54 Å². The van der Waals surface area contributed by atoms with Crippen LogP contribution in [0.25, 0.3) is 0 Å². The van der Waals surface area contributed by atoms with E-state index in [0.29, 0.717) is 6.42 Å². The Morgan fingerprint density at radius 3 is 1.48 bits per heavy atom. The van der Waals surface area contributed by atoms with E-state index in [1.807, 2.05) is 0 Å². The van der Waals surface area contributed by atoms with Gasteiger partial charge in [-0.2, -0.15) is 0 Å². The summed E-state index contributed by atoms with van der Waals surface area (Å²) in [5, 5.41) is 30.8. The number of carboxylic acids is 3. The van der Waals surface area contributed by atoms with Crippen LogP contribution in [0, 0.1) is 0 Å². The van der Waals surface area contributed by atoms with Crippen LogP contribution in [0.2, 0.25) is 0 Å². The van der Waals surface area contributed by atoms with Gasteiger partial charge in [0.25, 0.3) is 0 Å². The molecule has 0 fully saturated rings. The predicted molar refractivity (Wildman–Crippen MR) is 129 cm³/mol. The van der Waals surface area contributed by atoms with Gasteiger partial charge in [-0.3, -0.25) is 4.48 Å². The first-order valence-corrected chi connectivity index (χ1v) is 12.8. The Hall–Kier alpha value is -1.89. The molecule has 7 heteroatoms. The number of aliphatic carboxylic acids is 3. The number of hydrogen-bond acceptors (Lipinski definition) is 4. The molecule has 0 bridgehead atoms. The quantitative estimate of drug-likeness (QED) is 0.145. The third-order valence-corrected chi connectivity index (χ3v) is 7.01. The molecule has 0 aliphatic carbocycles. The minimum absolute atomic E-state index is 0.183. The van der Waals surface area contributed by atoms with Gasteiger partial charge in [0.05, 0.1) is 12.5 Å². The zero-order chi connectivity index (χ0) is 25.3. The fourth-order valence-electron chi connectivity index (χ4n) is 4.66. The third kappa shape index (κ3) is 11.2.